The van der Waals surface area contributed by atoms with E-state index in [1.165, 1.54) is 0 Å². The van der Waals surface area contributed by atoms with Gasteiger partial charge in [-0.2, -0.15) is 0 Å². The smallest absolute Gasteiger partial charge is 0.338 e. The number of hydrogen-bond donors (Lipinski definition) is 1. The molecule has 6 nitrogen and oxygen atoms in total. The van der Waals surface area contributed by atoms with E-state index in [-0.39, 0.29) is 12.4 Å². The van der Waals surface area contributed by atoms with E-state index in [0.29, 0.717) is 23.3 Å². The molecule has 2 aromatic rings. The molecule has 8 heteroatoms. The Hall–Kier alpha value is -3.16. The summed E-state index contributed by atoms with van der Waals surface area (Å²) in [5.74, 6) is -2.72. The van der Waals surface area contributed by atoms with Gasteiger partial charge in [0.15, 0.2) is 29.7 Å². The Balaban J connectivity index is 1.55. The van der Waals surface area contributed by atoms with Crippen molar-refractivity contribution < 1.29 is 32.6 Å². The molecule has 3 rings (SSSR count). The summed E-state index contributed by atoms with van der Waals surface area (Å²) in [6, 6.07) is 7.37. The van der Waals surface area contributed by atoms with Crippen LogP contribution in [0, 0.1) is 11.6 Å². The van der Waals surface area contributed by atoms with Gasteiger partial charge in [0, 0.05) is 11.8 Å². The SMILES string of the molecule is O=C(COC(=O)c1ccc(F)c(F)c1)Nc1ccc2c(c1)OCO2. The Morgan fingerprint density at radius 3 is 2.62 bits per heavy atom. The number of halogens is 2. The molecule has 24 heavy (non-hydrogen) atoms. The fraction of sp³-hybridized carbons (Fsp3) is 0.125. The molecule has 1 aliphatic rings. The standard InChI is InChI=1S/C16H11F2NO5/c17-11-3-1-9(5-12(11)18)16(21)22-7-15(20)19-10-2-4-13-14(6-10)24-8-23-13/h1-6H,7-8H2,(H,19,20). The van der Waals surface area contributed by atoms with Crippen molar-refractivity contribution >= 4 is 17.6 Å². The number of rotatable bonds is 4. The second kappa shape index (κ2) is 6.53. The lowest BCUT2D eigenvalue weighted by Gasteiger charge is -2.07. The van der Waals surface area contributed by atoms with E-state index >= 15 is 0 Å². The van der Waals surface area contributed by atoms with Crippen LogP contribution in [0.4, 0.5) is 14.5 Å². The number of carbonyl (C=O) groups is 2. The van der Waals surface area contributed by atoms with Crippen LogP contribution in [-0.4, -0.2) is 25.3 Å². The molecule has 0 aliphatic carbocycles. The zero-order valence-corrected chi connectivity index (χ0v) is 12.2. The number of esters is 1. The molecule has 1 N–H and O–H groups in total. The second-order valence-corrected chi connectivity index (χ2v) is 4.82. The maximum Gasteiger partial charge on any atom is 0.338 e. The fourth-order valence-electron chi connectivity index (χ4n) is 2.01. The monoisotopic (exact) mass is 335 g/mol. The van der Waals surface area contributed by atoms with Crippen LogP contribution < -0.4 is 14.8 Å². The van der Waals surface area contributed by atoms with E-state index < -0.39 is 30.1 Å². The summed E-state index contributed by atoms with van der Waals surface area (Å²) in [7, 11) is 0. The predicted octanol–water partition coefficient (Wildman–Crippen LogP) is 2.49. The molecule has 0 saturated carbocycles. The Kier molecular flexibility index (Phi) is 4.28. The predicted molar refractivity (Wildman–Crippen MR) is 77.8 cm³/mol. The summed E-state index contributed by atoms with van der Waals surface area (Å²) in [6.45, 7) is -0.467. The highest BCUT2D eigenvalue weighted by Gasteiger charge is 2.16. The van der Waals surface area contributed by atoms with E-state index in [1.807, 2.05) is 0 Å². The minimum atomic E-state index is -1.17. The van der Waals surface area contributed by atoms with Gasteiger partial charge in [0.05, 0.1) is 5.56 Å². The Labute approximate surface area is 134 Å². The molecule has 2 aromatic carbocycles. The third kappa shape index (κ3) is 3.43. The van der Waals surface area contributed by atoms with Crippen molar-refractivity contribution in [3.8, 4) is 11.5 Å². The highest BCUT2D eigenvalue weighted by atomic mass is 19.2. The maximum absolute atomic E-state index is 13.1. The van der Waals surface area contributed by atoms with Crippen molar-refractivity contribution in [3.05, 3.63) is 53.6 Å². The highest BCUT2D eigenvalue weighted by Crippen LogP contribution is 2.34. The summed E-state index contributed by atoms with van der Waals surface area (Å²) < 4.78 is 40.9. The minimum Gasteiger partial charge on any atom is -0.454 e. The van der Waals surface area contributed by atoms with Gasteiger partial charge in [-0.3, -0.25) is 4.79 Å². The Bertz CT molecular complexity index is 809. The lowest BCUT2D eigenvalue weighted by Crippen LogP contribution is -2.21. The van der Waals surface area contributed by atoms with Crippen molar-refractivity contribution in [2.45, 2.75) is 0 Å². The molecule has 1 amide bonds. The molecule has 0 spiro atoms. The van der Waals surface area contributed by atoms with Gasteiger partial charge in [-0.25, -0.2) is 13.6 Å². The molecule has 0 bridgehead atoms. The molecular formula is C16H11F2NO5. The lowest BCUT2D eigenvalue weighted by atomic mass is 10.2. The molecule has 0 radical (unpaired) electrons. The molecular weight excluding hydrogens is 324 g/mol. The molecule has 1 heterocycles. The van der Waals surface area contributed by atoms with Gasteiger partial charge in [0.2, 0.25) is 6.79 Å². The molecule has 0 unspecified atom stereocenters. The van der Waals surface area contributed by atoms with Crippen molar-refractivity contribution in [2.75, 3.05) is 18.7 Å². The zero-order valence-electron chi connectivity index (χ0n) is 12.2. The number of hydrogen-bond acceptors (Lipinski definition) is 5. The molecule has 1 aliphatic heterocycles. The quantitative estimate of drug-likeness (QED) is 0.869. The lowest BCUT2D eigenvalue weighted by molar-refractivity contribution is -0.119. The van der Waals surface area contributed by atoms with E-state index in [4.69, 9.17) is 14.2 Å². The molecule has 124 valence electrons. The van der Waals surface area contributed by atoms with E-state index in [1.54, 1.807) is 18.2 Å². The number of fused-ring (bicyclic) bond motifs is 1. The summed E-state index contributed by atoms with van der Waals surface area (Å²) in [4.78, 5) is 23.5. The van der Waals surface area contributed by atoms with Gasteiger partial charge in [0.25, 0.3) is 5.91 Å². The minimum absolute atomic E-state index is 0.110. The summed E-state index contributed by atoms with van der Waals surface area (Å²) in [6.07, 6.45) is 0. The van der Waals surface area contributed by atoms with Gasteiger partial charge in [-0.1, -0.05) is 0 Å². The van der Waals surface area contributed by atoms with Crippen LogP contribution >= 0.6 is 0 Å². The number of anilines is 1. The normalized spacial score (nSPS) is 11.9. The average molecular weight is 335 g/mol. The van der Waals surface area contributed by atoms with Crippen molar-refractivity contribution in [2.24, 2.45) is 0 Å². The summed E-state index contributed by atoms with van der Waals surface area (Å²) in [5, 5.41) is 2.51. The summed E-state index contributed by atoms with van der Waals surface area (Å²) >= 11 is 0. The van der Waals surface area contributed by atoms with Crippen LogP contribution in [0.3, 0.4) is 0 Å². The molecule has 0 aromatic heterocycles. The largest absolute Gasteiger partial charge is 0.454 e. The van der Waals surface area contributed by atoms with E-state index in [2.05, 4.69) is 5.32 Å². The third-order valence-corrected chi connectivity index (χ3v) is 3.15. The van der Waals surface area contributed by atoms with E-state index in [9.17, 15) is 18.4 Å². The van der Waals surface area contributed by atoms with Crippen LogP contribution in [0.5, 0.6) is 11.5 Å². The second-order valence-electron chi connectivity index (χ2n) is 4.82. The van der Waals surface area contributed by atoms with Crippen LogP contribution in [-0.2, 0) is 9.53 Å². The van der Waals surface area contributed by atoms with Crippen molar-refractivity contribution in [1.29, 1.82) is 0 Å². The van der Waals surface area contributed by atoms with Crippen LogP contribution in [0.1, 0.15) is 10.4 Å². The van der Waals surface area contributed by atoms with E-state index in [0.717, 1.165) is 12.1 Å². The fourth-order valence-corrected chi connectivity index (χ4v) is 2.01. The number of ether oxygens (including phenoxy) is 3. The van der Waals surface area contributed by atoms with Crippen LogP contribution in [0.2, 0.25) is 0 Å². The topological polar surface area (TPSA) is 73.9 Å². The van der Waals surface area contributed by atoms with Gasteiger partial charge in [-0.05, 0) is 30.3 Å². The van der Waals surface area contributed by atoms with Gasteiger partial charge in [-0.15, -0.1) is 0 Å². The van der Waals surface area contributed by atoms with Crippen LogP contribution in [0.25, 0.3) is 0 Å². The Morgan fingerprint density at radius 2 is 1.83 bits per heavy atom. The Morgan fingerprint density at radius 1 is 1.04 bits per heavy atom. The molecule has 0 saturated heterocycles. The first kappa shape index (κ1) is 15.7. The summed E-state index contributed by atoms with van der Waals surface area (Å²) in [5.41, 5.74) is 0.248. The zero-order chi connectivity index (χ0) is 17.1. The average Bonchev–Trinajstić information content (AvgIpc) is 3.03. The number of amides is 1. The van der Waals surface area contributed by atoms with Crippen molar-refractivity contribution in [1.82, 2.24) is 0 Å². The first-order valence-electron chi connectivity index (χ1n) is 6.84. The van der Waals surface area contributed by atoms with Gasteiger partial charge in [0.1, 0.15) is 0 Å². The first-order chi connectivity index (χ1) is 11.5. The molecule has 0 fully saturated rings. The maximum atomic E-state index is 13.1. The number of benzene rings is 2. The van der Waals surface area contributed by atoms with Gasteiger partial charge >= 0.3 is 5.97 Å². The van der Waals surface area contributed by atoms with Crippen LogP contribution in [0.15, 0.2) is 36.4 Å². The third-order valence-electron chi connectivity index (χ3n) is 3.15. The van der Waals surface area contributed by atoms with Crippen molar-refractivity contribution in [3.63, 3.8) is 0 Å². The first-order valence-corrected chi connectivity index (χ1v) is 6.84. The molecule has 0 atom stereocenters. The number of carbonyl (C=O) groups excluding carboxylic acids is 2. The highest BCUT2D eigenvalue weighted by molar-refractivity contribution is 5.95. The van der Waals surface area contributed by atoms with Gasteiger partial charge < -0.3 is 19.5 Å². The number of nitrogens with one attached hydrogen (secondary N) is 1.